The smallest absolute Gasteiger partial charge is 0.318 e. The van der Waals surface area contributed by atoms with E-state index >= 15 is 0 Å². The van der Waals surface area contributed by atoms with Crippen molar-refractivity contribution in [3.8, 4) is 6.01 Å². The quantitative estimate of drug-likeness (QED) is 0.277. The Hall–Kier alpha value is -3.98. The van der Waals surface area contributed by atoms with Gasteiger partial charge in [0.2, 0.25) is 5.91 Å². The van der Waals surface area contributed by atoms with E-state index in [4.69, 9.17) is 14.7 Å². The lowest BCUT2D eigenvalue weighted by Gasteiger charge is -2.42. The number of hydrogen-bond acceptors (Lipinski definition) is 8. The van der Waals surface area contributed by atoms with E-state index in [1.807, 2.05) is 31.0 Å². The maximum absolute atomic E-state index is 12.4. The highest BCUT2D eigenvalue weighted by atomic mass is 16.5. The van der Waals surface area contributed by atoms with E-state index in [1.165, 1.54) is 11.6 Å². The van der Waals surface area contributed by atoms with Gasteiger partial charge in [0, 0.05) is 49.4 Å². The molecular formula is C32H47N7O2. The number of piperazine rings is 1. The van der Waals surface area contributed by atoms with Crippen molar-refractivity contribution in [3.63, 3.8) is 0 Å². The number of aromatic nitrogens is 3. The Morgan fingerprint density at radius 2 is 1.83 bits per heavy atom. The molecule has 1 saturated heterocycles. The van der Waals surface area contributed by atoms with Crippen LogP contribution in [0.15, 0.2) is 62.3 Å². The van der Waals surface area contributed by atoms with Crippen molar-refractivity contribution in [1.29, 1.82) is 0 Å². The van der Waals surface area contributed by atoms with Crippen LogP contribution in [0.2, 0.25) is 0 Å². The Morgan fingerprint density at radius 1 is 1.07 bits per heavy atom. The summed E-state index contributed by atoms with van der Waals surface area (Å²) in [7, 11) is 0. The summed E-state index contributed by atoms with van der Waals surface area (Å²) >= 11 is 0. The molecule has 5 rings (SSSR count). The number of hydrogen-bond donors (Lipinski definition) is 1. The number of nitrogens with zero attached hydrogens (tertiary/aromatic N) is 6. The third kappa shape index (κ3) is 7.41. The van der Waals surface area contributed by atoms with Crippen LogP contribution < -0.4 is 20.7 Å². The number of carbonyl (C=O) groups is 1. The molecule has 1 fully saturated rings. The zero-order chi connectivity index (χ0) is 29.1. The van der Waals surface area contributed by atoms with Crippen LogP contribution in [0.1, 0.15) is 51.8 Å². The number of ether oxygens (including phenoxy) is 1. The van der Waals surface area contributed by atoms with E-state index in [9.17, 15) is 4.79 Å². The molecule has 3 N–H and O–H groups in total. The molecule has 2 aromatic heterocycles. The third-order valence-electron chi connectivity index (χ3n) is 7.12. The van der Waals surface area contributed by atoms with Gasteiger partial charge in [0.25, 0.3) is 0 Å². The lowest BCUT2D eigenvalue weighted by molar-refractivity contribution is -0.128. The number of amides is 1. The van der Waals surface area contributed by atoms with E-state index in [-0.39, 0.29) is 18.1 Å². The fraction of sp³-hybridized carbons (Fsp3) is 0.438. The molecule has 0 saturated carbocycles. The van der Waals surface area contributed by atoms with Crippen LogP contribution in [-0.4, -0.2) is 64.6 Å². The highest BCUT2D eigenvalue weighted by Crippen LogP contribution is 2.34. The van der Waals surface area contributed by atoms with Gasteiger partial charge in [-0.05, 0) is 37.5 Å². The highest BCUT2D eigenvalue weighted by Gasteiger charge is 2.32. The largest absolute Gasteiger partial charge is 0.463 e. The van der Waals surface area contributed by atoms with E-state index < -0.39 is 0 Å². The van der Waals surface area contributed by atoms with Gasteiger partial charge >= 0.3 is 6.01 Å². The van der Waals surface area contributed by atoms with E-state index in [1.54, 1.807) is 0 Å². The van der Waals surface area contributed by atoms with E-state index in [0.717, 1.165) is 67.0 Å². The SMILES string of the molecule is C=C.C=CC(=O)N1CCN(c2nc(OCCC)nc3c2CCN(c2cccc4cccnc24)C3)CC1CC.CC.N. The molecule has 2 aliphatic heterocycles. The molecule has 1 amide bonds. The second-order valence-corrected chi connectivity index (χ2v) is 9.37. The molecule has 9 heteroatoms. The first-order valence-corrected chi connectivity index (χ1v) is 14.4. The number of para-hydroxylation sites is 1. The standard InChI is InChI=1S/C28H34N6O2.C2H6.C2H4.H3N/c1-4-17-36-28-30-23-19-32(24-11-7-9-20-10-8-13-29-26(20)24)14-12-22(23)27(31-28)33-15-16-34(25(35)6-3)21(5-2)18-33;2*1-2;/h6-11,13,21H,3-5,12,14-19H2,1-2H3;1-2H3;1-2H2;1H3. The summed E-state index contributed by atoms with van der Waals surface area (Å²) in [6.07, 6.45) is 5.87. The Kier molecular flexibility index (Phi) is 13.2. The number of pyridine rings is 1. The summed E-state index contributed by atoms with van der Waals surface area (Å²) in [5, 5.41) is 1.13. The van der Waals surface area contributed by atoms with Crippen LogP contribution in [-0.2, 0) is 17.8 Å². The van der Waals surface area contributed by atoms with Crippen LogP contribution >= 0.6 is 0 Å². The van der Waals surface area contributed by atoms with Crippen molar-refractivity contribution in [2.24, 2.45) is 0 Å². The van der Waals surface area contributed by atoms with Crippen molar-refractivity contribution in [2.45, 2.75) is 59.5 Å². The summed E-state index contributed by atoms with van der Waals surface area (Å²) in [4.78, 5) is 33.4. The van der Waals surface area contributed by atoms with Crippen LogP contribution in [0.25, 0.3) is 10.9 Å². The number of carbonyl (C=O) groups excluding carboxylic acids is 1. The summed E-state index contributed by atoms with van der Waals surface area (Å²) in [5.41, 5.74) is 4.32. The van der Waals surface area contributed by atoms with Crippen LogP contribution in [0.5, 0.6) is 6.01 Å². The molecule has 0 spiro atoms. The van der Waals surface area contributed by atoms with Gasteiger partial charge in [0.05, 0.1) is 30.0 Å². The molecule has 2 aliphatic rings. The number of benzene rings is 1. The fourth-order valence-corrected chi connectivity index (χ4v) is 5.26. The number of anilines is 2. The summed E-state index contributed by atoms with van der Waals surface area (Å²) in [5.74, 6) is 0.948. The fourth-order valence-electron chi connectivity index (χ4n) is 5.26. The Balaban J connectivity index is 0.00000113. The van der Waals surface area contributed by atoms with Gasteiger partial charge < -0.3 is 25.6 Å². The zero-order valence-electron chi connectivity index (χ0n) is 25.3. The molecule has 1 aromatic carbocycles. The Bertz CT molecular complexity index is 1280. The highest BCUT2D eigenvalue weighted by molar-refractivity contribution is 5.91. The Morgan fingerprint density at radius 3 is 2.54 bits per heavy atom. The molecule has 1 unspecified atom stereocenters. The van der Waals surface area contributed by atoms with Crippen LogP contribution in [0, 0.1) is 0 Å². The van der Waals surface area contributed by atoms with Crippen LogP contribution in [0.4, 0.5) is 11.5 Å². The molecule has 9 nitrogen and oxygen atoms in total. The number of fused-ring (bicyclic) bond motifs is 2. The van der Waals surface area contributed by atoms with Gasteiger partial charge in [-0.25, -0.2) is 0 Å². The predicted molar refractivity (Wildman–Crippen MR) is 170 cm³/mol. The Labute approximate surface area is 245 Å². The lowest BCUT2D eigenvalue weighted by atomic mass is 10.0. The average molecular weight is 562 g/mol. The van der Waals surface area contributed by atoms with E-state index in [0.29, 0.717) is 25.7 Å². The minimum atomic E-state index is -0.00229. The van der Waals surface area contributed by atoms with Crippen molar-refractivity contribution in [1.82, 2.24) is 26.0 Å². The van der Waals surface area contributed by atoms with Gasteiger partial charge in [0.1, 0.15) is 5.82 Å². The van der Waals surface area contributed by atoms with Gasteiger partial charge in [-0.1, -0.05) is 52.5 Å². The number of rotatable bonds is 7. The normalized spacial score (nSPS) is 15.8. The van der Waals surface area contributed by atoms with Crippen molar-refractivity contribution in [2.75, 3.05) is 42.6 Å². The molecular weight excluding hydrogens is 514 g/mol. The minimum absolute atomic E-state index is 0. The van der Waals surface area contributed by atoms with Gasteiger partial charge in [-0.2, -0.15) is 9.97 Å². The molecule has 3 aromatic rings. The second-order valence-electron chi connectivity index (χ2n) is 9.37. The lowest BCUT2D eigenvalue weighted by Crippen LogP contribution is -2.55. The average Bonchev–Trinajstić information content (AvgIpc) is 3.04. The minimum Gasteiger partial charge on any atom is -0.463 e. The van der Waals surface area contributed by atoms with Crippen LogP contribution in [0.3, 0.4) is 0 Å². The summed E-state index contributed by atoms with van der Waals surface area (Å²) in [6.45, 7) is 22.1. The summed E-state index contributed by atoms with van der Waals surface area (Å²) < 4.78 is 5.94. The molecule has 4 heterocycles. The van der Waals surface area contributed by atoms with Gasteiger partial charge in [-0.15, -0.1) is 13.2 Å². The zero-order valence-corrected chi connectivity index (χ0v) is 25.3. The molecule has 0 aliphatic carbocycles. The van der Waals surface area contributed by atoms with Gasteiger partial charge in [0.15, 0.2) is 0 Å². The molecule has 1 atom stereocenters. The predicted octanol–water partition coefficient (Wildman–Crippen LogP) is 5.98. The monoisotopic (exact) mass is 561 g/mol. The second kappa shape index (κ2) is 16.3. The summed E-state index contributed by atoms with van der Waals surface area (Å²) in [6, 6.07) is 10.9. The molecule has 222 valence electrons. The maximum Gasteiger partial charge on any atom is 0.318 e. The van der Waals surface area contributed by atoms with Crippen molar-refractivity contribution in [3.05, 3.63) is 73.6 Å². The maximum atomic E-state index is 12.4. The van der Waals surface area contributed by atoms with E-state index in [2.05, 4.69) is 72.6 Å². The first-order valence-electron chi connectivity index (χ1n) is 14.4. The molecule has 41 heavy (non-hydrogen) atoms. The molecule has 0 radical (unpaired) electrons. The van der Waals surface area contributed by atoms with Crippen molar-refractivity contribution >= 4 is 28.3 Å². The first-order chi connectivity index (χ1) is 19.6. The molecule has 0 bridgehead atoms. The topological polar surface area (TPSA) is 110 Å². The third-order valence-corrected chi connectivity index (χ3v) is 7.12. The van der Waals surface area contributed by atoms with Crippen molar-refractivity contribution < 1.29 is 9.53 Å². The van der Waals surface area contributed by atoms with Gasteiger partial charge in [-0.3, -0.25) is 9.78 Å². The first kappa shape index (κ1) is 33.2.